The van der Waals surface area contributed by atoms with E-state index in [4.69, 9.17) is 25.8 Å². The summed E-state index contributed by atoms with van der Waals surface area (Å²) in [5.74, 6) is 0.884. The van der Waals surface area contributed by atoms with Crippen molar-refractivity contribution in [2.24, 2.45) is 5.41 Å². The Hall–Kier alpha value is -2.84. The molecule has 1 N–H and O–H groups in total. The average Bonchev–Trinajstić information content (AvgIpc) is 2.88. The van der Waals surface area contributed by atoms with Gasteiger partial charge in [-0.15, -0.1) is 0 Å². The zero-order valence-corrected chi connectivity index (χ0v) is 20.9. The molecule has 2 aromatic carbocycles. The van der Waals surface area contributed by atoms with Crippen LogP contribution in [0.2, 0.25) is 5.02 Å². The van der Waals surface area contributed by atoms with Crippen LogP contribution in [0.1, 0.15) is 30.9 Å². The molecule has 1 saturated heterocycles. The molecule has 0 aliphatic carbocycles. The van der Waals surface area contributed by atoms with Crippen LogP contribution in [0, 0.1) is 5.41 Å². The van der Waals surface area contributed by atoms with Crippen LogP contribution in [-0.4, -0.2) is 61.7 Å². The first-order valence-corrected chi connectivity index (χ1v) is 12.3. The lowest BCUT2D eigenvalue weighted by Gasteiger charge is -2.37. The van der Waals surface area contributed by atoms with Crippen molar-refractivity contribution in [2.45, 2.75) is 32.5 Å². The first kappa shape index (κ1) is 26.2. The molecule has 0 spiro atoms. The highest BCUT2D eigenvalue weighted by Crippen LogP contribution is 2.34. The number of hydrogen-bond acceptors (Lipinski definition) is 5. The maximum absolute atomic E-state index is 12.7. The van der Waals surface area contributed by atoms with E-state index in [0.29, 0.717) is 25.2 Å². The van der Waals surface area contributed by atoms with Crippen LogP contribution in [-0.2, 0) is 11.4 Å². The van der Waals surface area contributed by atoms with Crippen molar-refractivity contribution in [1.82, 2.24) is 4.90 Å². The van der Waals surface area contributed by atoms with Gasteiger partial charge in [0.25, 0.3) is 0 Å². The maximum Gasteiger partial charge on any atom is 0.309 e. The summed E-state index contributed by atoms with van der Waals surface area (Å²) < 4.78 is 42.5. The van der Waals surface area contributed by atoms with E-state index in [1.807, 2.05) is 25.1 Å². The van der Waals surface area contributed by atoms with Crippen molar-refractivity contribution < 1.29 is 32.9 Å². The summed E-state index contributed by atoms with van der Waals surface area (Å²) in [6, 6.07) is 10.6. The highest BCUT2D eigenvalue weighted by molar-refractivity contribution is 6.32. The lowest BCUT2D eigenvalue weighted by Crippen LogP contribution is -2.43. The van der Waals surface area contributed by atoms with E-state index in [9.17, 15) is 18.7 Å². The van der Waals surface area contributed by atoms with Gasteiger partial charge in [0.05, 0.1) is 10.4 Å². The lowest BCUT2D eigenvalue weighted by molar-refractivity contribution is -0.150. The summed E-state index contributed by atoms with van der Waals surface area (Å²) in [6.07, 6.45) is 2.24. The minimum Gasteiger partial charge on any atom is -0.489 e. The molecule has 6 nitrogen and oxygen atoms in total. The third kappa shape index (κ3) is 6.28. The van der Waals surface area contributed by atoms with Crippen LogP contribution in [0.4, 0.5) is 8.78 Å². The molecule has 9 heteroatoms. The molecule has 2 aliphatic rings. The largest absolute Gasteiger partial charge is 0.489 e. The molecule has 36 heavy (non-hydrogen) atoms. The number of halogens is 3. The van der Waals surface area contributed by atoms with Gasteiger partial charge >= 0.3 is 5.97 Å². The molecule has 1 fully saturated rings. The van der Waals surface area contributed by atoms with Crippen LogP contribution >= 0.6 is 11.6 Å². The Morgan fingerprint density at radius 2 is 1.94 bits per heavy atom. The number of ether oxygens (including phenoxy) is 3. The molecule has 4 rings (SSSR count). The van der Waals surface area contributed by atoms with Crippen LogP contribution in [0.25, 0.3) is 6.08 Å². The van der Waals surface area contributed by atoms with Crippen molar-refractivity contribution in [3.63, 3.8) is 0 Å². The number of carbonyl (C=O) groups is 1. The Bertz CT molecular complexity index is 1110. The van der Waals surface area contributed by atoms with E-state index in [-0.39, 0.29) is 17.4 Å². The minimum absolute atomic E-state index is 0.228. The second kappa shape index (κ2) is 11.5. The van der Waals surface area contributed by atoms with E-state index in [1.54, 1.807) is 18.2 Å². The molecule has 0 bridgehead atoms. The summed E-state index contributed by atoms with van der Waals surface area (Å²) in [5, 5.41) is 9.67. The number of aliphatic carboxylic acids is 1. The van der Waals surface area contributed by atoms with Crippen molar-refractivity contribution in [2.75, 3.05) is 39.6 Å². The first-order chi connectivity index (χ1) is 17.3. The Morgan fingerprint density at radius 1 is 1.19 bits per heavy atom. The van der Waals surface area contributed by atoms with Crippen molar-refractivity contribution in [3.8, 4) is 17.2 Å². The smallest absolute Gasteiger partial charge is 0.309 e. The Morgan fingerprint density at radius 3 is 2.61 bits per heavy atom. The van der Waals surface area contributed by atoms with Gasteiger partial charge < -0.3 is 19.3 Å². The van der Waals surface area contributed by atoms with Crippen LogP contribution in [0.5, 0.6) is 17.2 Å². The molecular formula is C27H30ClF2NO5. The molecular weight excluding hydrogens is 492 g/mol. The number of benzene rings is 2. The summed E-state index contributed by atoms with van der Waals surface area (Å²) >= 11 is 6.19. The molecule has 2 heterocycles. The summed E-state index contributed by atoms with van der Waals surface area (Å²) in [6.45, 7) is 2.94. The Kier molecular flexibility index (Phi) is 8.36. The third-order valence-corrected chi connectivity index (χ3v) is 7.00. The van der Waals surface area contributed by atoms with E-state index in [0.717, 1.165) is 42.1 Å². The molecule has 2 aromatic rings. The topological polar surface area (TPSA) is 68.2 Å². The molecule has 0 unspecified atom stereocenters. The van der Waals surface area contributed by atoms with Gasteiger partial charge in [-0.1, -0.05) is 17.7 Å². The van der Waals surface area contributed by atoms with Gasteiger partial charge in [-0.2, -0.15) is 0 Å². The standard InChI is InChI=1S/C27H30ClF2NO5/c1-27(26(32)33)6-8-31(9-7-27)15-19-10-20-3-4-21(12-25(20)35-17-19)34-16-18-2-5-24(23(28)11-18)36-22(13-29)14-30/h2-5,10-12,22H,6-9,13-17H2,1H3,(H,32,33). The van der Waals surface area contributed by atoms with Gasteiger partial charge in [0.2, 0.25) is 0 Å². The van der Waals surface area contributed by atoms with E-state index >= 15 is 0 Å². The maximum atomic E-state index is 12.7. The highest BCUT2D eigenvalue weighted by atomic mass is 35.5. The number of hydrogen-bond donors (Lipinski definition) is 1. The predicted octanol–water partition coefficient (Wildman–Crippen LogP) is 5.57. The molecule has 194 valence electrons. The SMILES string of the molecule is CC1(C(=O)O)CCN(CC2=Cc3ccc(OCc4ccc(OC(CF)CF)c(Cl)c4)cc3OC2)CC1. The van der Waals surface area contributed by atoms with Crippen molar-refractivity contribution in [3.05, 3.63) is 58.1 Å². The monoisotopic (exact) mass is 521 g/mol. The van der Waals surface area contributed by atoms with E-state index in [1.165, 1.54) is 0 Å². The minimum atomic E-state index is -1.16. The van der Waals surface area contributed by atoms with Gasteiger partial charge in [0, 0.05) is 18.2 Å². The van der Waals surface area contributed by atoms with Gasteiger partial charge in [0.1, 0.15) is 43.8 Å². The molecule has 0 atom stereocenters. The number of rotatable bonds is 10. The Balaban J connectivity index is 1.32. The van der Waals surface area contributed by atoms with Gasteiger partial charge in [-0.3, -0.25) is 9.69 Å². The Labute approximate surface area is 214 Å². The summed E-state index contributed by atoms with van der Waals surface area (Å²) in [5.41, 5.74) is 2.27. The molecule has 0 amide bonds. The van der Waals surface area contributed by atoms with Crippen LogP contribution in [0.3, 0.4) is 0 Å². The molecule has 2 aliphatic heterocycles. The number of fused-ring (bicyclic) bond motifs is 1. The second-order valence-corrected chi connectivity index (χ2v) is 9.94. The fraction of sp³-hybridized carbons (Fsp3) is 0.444. The fourth-order valence-electron chi connectivity index (χ4n) is 4.26. The highest BCUT2D eigenvalue weighted by Gasteiger charge is 2.36. The summed E-state index contributed by atoms with van der Waals surface area (Å²) in [7, 11) is 0. The van der Waals surface area contributed by atoms with Crippen LogP contribution in [0.15, 0.2) is 42.0 Å². The predicted molar refractivity (Wildman–Crippen MR) is 133 cm³/mol. The van der Waals surface area contributed by atoms with Gasteiger partial charge in [-0.05, 0) is 74.3 Å². The zero-order valence-electron chi connectivity index (χ0n) is 20.1. The average molecular weight is 522 g/mol. The van der Waals surface area contributed by atoms with E-state index in [2.05, 4.69) is 11.0 Å². The number of carboxylic acids is 1. The molecule has 0 aromatic heterocycles. The number of likely N-dealkylation sites (tertiary alicyclic amines) is 1. The molecule has 0 saturated carbocycles. The zero-order chi connectivity index (χ0) is 25.7. The fourth-order valence-corrected chi connectivity index (χ4v) is 4.51. The van der Waals surface area contributed by atoms with Gasteiger partial charge in [-0.25, -0.2) is 8.78 Å². The number of carboxylic acid groups (broad SMARTS) is 1. The first-order valence-electron chi connectivity index (χ1n) is 11.9. The third-order valence-electron chi connectivity index (χ3n) is 6.70. The number of nitrogens with zero attached hydrogens (tertiary/aromatic N) is 1. The van der Waals surface area contributed by atoms with Gasteiger partial charge in [0.15, 0.2) is 6.10 Å². The second-order valence-electron chi connectivity index (χ2n) is 9.53. The van der Waals surface area contributed by atoms with Crippen molar-refractivity contribution in [1.29, 1.82) is 0 Å². The van der Waals surface area contributed by atoms with Crippen molar-refractivity contribution >= 4 is 23.6 Å². The number of piperidine rings is 1. The normalized spacial score (nSPS) is 17.2. The van der Waals surface area contributed by atoms with Crippen LogP contribution < -0.4 is 14.2 Å². The number of alkyl halides is 2. The lowest BCUT2D eigenvalue weighted by atomic mass is 9.80. The molecule has 0 radical (unpaired) electrons. The van der Waals surface area contributed by atoms with E-state index < -0.39 is 30.8 Å². The quantitative estimate of drug-likeness (QED) is 0.441. The summed E-state index contributed by atoms with van der Waals surface area (Å²) in [4.78, 5) is 13.7.